The summed E-state index contributed by atoms with van der Waals surface area (Å²) in [4.78, 5) is 24.5. The van der Waals surface area contributed by atoms with Crippen LogP contribution >= 0.6 is 12.4 Å². The number of aliphatic carboxylic acids is 1. The number of benzene rings is 1. The average Bonchev–Trinajstić information content (AvgIpc) is 2.86. The van der Waals surface area contributed by atoms with Crippen molar-refractivity contribution in [2.24, 2.45) is 0 Å². The van der Waals surface area contributed by atoms with Gasteiger partial charge >= 0.3 is 5.97 Å². The highest BCUT2D eigenvalue weighted by molar-refractivity contribution is 5.85. The van der Waals surface area contributed by atoms with Gasteiger partial charge in [0.05, 0.1) is 6.54 Å². The molecule has 1 amide bonds. The van der Waals surface area contributed by atoms with Crippen molar-refractivity contribution in [3.63, 3.8) is 0 Å². The Bertz CT molecular complexity index is 453. The third-order valence-electron chi connectivity index (χ3n) is 3.33. The number of likely N-dealkylation sites (tertiary alicyclic amines) is 1. The lowest BCUT2D eigenvalue weighted by Crippen LogP contribution is -2.42. The van der Waals surface area contributed by atoms with E-state index in [4.69, 9.17) is 5.11 Å². The van der Waals surface area contributed by atoms with Crippen LogP contribution in [0.15, 0.2) is 30.3 Å². The lowest BCUT2D eigenvalue weighted by Gasteiger charge is -2.20. The van der Waals surface area contributed by atoms with E-state index in [0.717, 1.165) is 12.0 Å². The van der Waals surface area contributed by atoms with Gasteiger partial charge in [-0.05, 0) is 24.9 Å². The van der Waals surface area contributed by atoms with Gasteiger partial charge in [-0.15, -0.1) is 12.4 Å². The number of hydrogen-bond donors (Lipinski definition) is 2. The van der Waals surface area contributed by atoms with Gasteiger partial charge in [0.1, 0.15) is 6.04 Å². The van der Waals surface area contributed by atoms with Gasteiger partial charge in [0.15, 0.2) is 0 Å². The van der Waals surface area contributed by atoms with Crippen LogP contribution in [0.4, 0.5) is 0 Å². The summed E-state index contributed by atoms with van der Waals surface area (Å²) in [7, 11) is 0. The number of nitrogens with zero attached hydrogens (tertiary/aromatic N) is 1. The number of hydrogen-bond acceptors (Lipinski definition) is 3. The van der Waals surface area contributed by atoms with E-state index in [0.29, 0.717) is 19.5 Å². The molecule has 6 heteroatoms. The summed E-state index contributed by atoms with van der Waals surface area (Å²) in [5.41, 5.74) is 1.03. The Balaban J connectivity index is 0.00000200. The third kappa shape index (κ3) is 4.51. The molecule has 110 valence electrons. The van der Waals surface area contributed by atoms with Crippen LogP contribution in [0.3, 0.4) is 0 Å². The average molecular weight is 299 g/mol. The van der Waals surface area contributed by atoms with Gasteiger partial charge in [0, 0.05) is 6.54 Å². The normalized spacial score (nSPS) is 18.3. The van der Waals surface area contributed by atoms with Crippen LogP contribution < -0.4 is 5.32 Å². The predicted octanol–water partition coefficient (Wildman–Crippen LogP) is 1.27. The van der Waals surface area contributed by atoms with Crippen LogP contribution in [0, 0.1) is 0 Å². The highest BCUT2D eigenvalue weighted by Crippen LogP contribution is 2.16. The number of carboxylic acid groups (broad SMARTS) is 1. The maximum atomic E-state index is 11.8. The fourth-order valence-corrected chi connectivity index (χ4v) is 2.33. The van der Waals surface area contributed by atoms with Crippen molar-refractivity contribution >= 4 is 24.3 Å². The summed E-state index contributed by atoms with van der Waals surface area (Å²) in [5, 5.41) is 11.8. The van der Waals surface area contributed by atoms with Gasteiger partial charge in [0.2, 0.25) is 5.91 Å². The van der Waals surface area contributed by atoms with E-state index in [9.17, 15) is 9.59 Å². The number of halogens is 1. The van der Waals surface area contributed by atoms with Crippen molar-refractivity contribution < 1.29 is 14.7 Å². The molecule has 20 heavy (non-hydrogen) atoms. The first-order valence-corrected chi connectivity index (χ1v) is 6.44. The lowest BCUT2D eigenvalue weighted by molar-refractivity contribution is -0.142. The summed E-state index contributed by atoms with van der Waals surface area (Å²) in [5.74, 6) is -0.967. The molecule has 0 saturated carbocycles. The topological polar surface area (TPSA) is 69.6 Å². The largest absolute Gasteiger partial charge is 0.480 e. The zero-order chi connectivity index (χ0) is 13.7. The Hall–Kier alpha value is -1.59. The quantitative estimate of drug-likeness (QED) is 0.859. The molecule has 1 atom stereocenters. The second-order valence-corrected chi connectivity index (χ2v) is 4.73. The lowest BCUT2D eigenvalue weighted by atomic mass is 10.2. The molecule has 0 unspecified atom stereocenters. The van der Waals surface area contributed by atoms with E-state index < -0.39 is 12.0 Å². The van der Waals surface area contributed by atoms with Gasteiger partial charge in [-0.3, -0.25) is 14.5 Å². The zero-order valence-corrected chi connectivity index (χ0v) is 11.9. The highest BCUT2D eigenvalue weighted by Gasteiger charge is 2.31. The van der Waals surface area contributed by atoms with Crippen molar-refractivity contribution in [2.75, 3.05) is 13.1 Å². The Morgan fingerprint density at radius 3 is 2.65 bits per heavy atom. The number of rotatable bonds is 5. The van der Waals surface area contributed by atoms with E-state index in [1.54, 1.807) is 4.90 Å². The fraction of sp³-hybridized carbons (Fsp3) is 0.429. The standard InChI is InChI=1S/C14H18N2O3.ClH/c17-13(15-9-11-5-2-1-3-6-11)10-16-8-4-7-12(16)14(18)19;/h1-3,5-6,12H,4,7-10H2,(H,15,17)(H,18,19);1H/t12-;/m1./s1. The first-order chi connectivity index (χ1) is 9.16. The molecule has 0 aromatic heterocycles. The molecule has 2 rings (SSSR count). The molecule has 1 aromatic rings. The number of carbonyl (C=O) groups excluding carboxylic acids is 1. The van der Waals surface area contributed by atoms with Crippen LogP contribution in [0.1, 0.15) is 18.4 Å². The molecule has 0 spiro atoms. The smallest absolute Gasteiger partial charge is 0.320 e. The second kappa shape index (κ2) is 7.87. The van der Waals surface area contributed by atoms with Crippen LogP contribution in [0.2, 0.25) is 0 Å². The van der Waals surface area contributed by atoms with Gasteiger partial charge in [-0.2, -0.15) is 0 Å². The van der Waals surface area contributed by atoms with Gasteiger partial charge in [-0.1, -0.05) is 30.3 Å². The SMILES string of the molecule is Cl.O=C(CN1CCC[C@@H]1C(=O)O)NCc1ccccc1. The van der Waals surface area contributed by atoms with E-state index in [1.807, 2.05) is 30.3 Å². The van der Waals surface area contributed by atoms with Gasteiger partial charge in [0.25, 0.3) is 0 Å². The number of carbonyl (C=O) groups is 2. The molecule has 1 fully saturated rings. The minimum atomic E-state index is -0.839. The Morgan fingerprint density at radius 1 is 1.30 bits per heavy atom. The molecule has 2 N–H and O–H groups in total. The molecule has 0 radical (unpaired) electrons. The van der Waals surface area contributed by atoms with Crippen molar-refractivity contribution in [1.82, 2.24) is 10.2 Å². The molecular formula is C14H19ClN2O3. The molecule has 0 aliphatic carbocycles. The molecule has 1 aliphatic heterocycles. The third-order valence-corrected chi connectivity index (χ3v) is 3.33. The highest BCUT2D eigenvalue weighted by atomic mass is 35.5. The van der Waals surface area contributed by atoms with Gasteiger partial charge < -0.3 is 10.4 Å². The van der Waals surface area contributed by atoms with Crippen LogP contribution in [-0.2, 0) is 16.1 Å². The molecule has 1 aromatic carbocycles. The summed E-state index contributed by atoms with van der Waals surface area (Å²) >= 11 is 0. The maximum Gasteiger partial charge on any atom is 0.320 e. The van der Waals surface area contributed by atoms with E-state index in [1.165, 1.54) is 0 Å². The summed E-state index contributed by atoms with van der Waals surface area (Å²) in [6.45, 7) is 1.31. The van der Waals surface area contributed by atoms with Crippen molar-refractivity contribution in [1.29, 1.82) is 0 Å². The Morgan fingerprint density at radius 2 is 2.00 bits per heavy atom. The molecule has 1 saturated heterocycles. The molecule has 0 bridgehead atoms. The summed E-state index contributed by atoms with van der Waals surface area (Å²) < 4.78 is 0. The van der Waals surface area contributed by atoms with E-state index in [-0.39, 0.29) is 24.9 Å². The number of amides is 1. The second-order valence-electron chi connectivity index (χ2n) is 4.73. The van der Waals surface area contributed by atoms with Crippen molar-refractivity contribution in [2.45, 2.75) is 25.4 Å². The molecule has 5 nitrogen and oxygen atoms in total. The van der Waals surface area contributed by atoms with Crippen LogP contribution in [0.25, 0.3) is 0 Å². The fourth-order valence-electron chi connectivity index (χ4n) is 2.33. The van der Waals surface area contributed by atoms with Gasteiger partial charge in [-0.25, -0.2) is 0 Å². The van der Waals surface area contributed by atoms with E-state index >= 15 is 0 Å². The number of nitrogens with one attached hydrogen (secondary N) is 1. The first-order valence-electron chi connectivity index (χ1n) is 6.44. The maximum absolute atomic E-state index is 11.8. The monoisotopic (exact) mass is 298 g/mol. The minimum Gasteiger partial charge on any atom is -0.480 e. The first kappa shape index (κ1) is 16.5. The molecule has 1 heterocycles. The van der Waals surface area contributed by atoms with Crippen molar-refractivity contribution in [3.05, 3.63) is 35.9 Å². The zero-order valence-electron chi connectivity index (χ0n) is 11.1. The molecule has 1 aliphatic rings. The minimum absolute atomic E-state index is 0. The summed E-state index contributed by atoms with van der Waals surface area (Å²) in [6, 6.07) is 9.13. The molecular weight excluding hydrogens is 280 g/mol. The van der Waals surface area contributed by atoms with Crippen LogP contribution in [-0.4, -0.2) is 41.0 Å². The van der Waals surface area contributed by atoms with Crippen molar-refractivity contribution in [3.8, 4) is 0 Å². The van der Waals surface area contributed by atoms with Crippen LogP contribution in [0.5, 0.6) is 0 Å². The predicted molar refractivity (Wildman–Crippen MR) is 77.8 cm³/mol. The summed E-state index contributed by atoms with van der Waals surface area (Å²) in [6.07, 6.45) is 1.46. The Kier molecular flexibility index (Phi) is 6.48. The van der Waals surface area contributed by atoms with E-state index in [2.05, 4.69) is 5.32 Å². The number of carboxylic acids is 1. The Labute approximate surface area is 124 Å².